The second-order valence-corrected chi connectivity index (χ2v) is 5.62. The first kappa shape index (κ1) is 14.4. The van der Waals surface area contributed by atoms with Gasteiger partial charge in [-0.1, -0.05) is 24.6 Å². The summed E-state index contributed by atoms with van der Waals surface area (Å²) in [5.41, 5.74) is 1.10. The molecule has 2 aromatic rings. The number of hydrogen-bond donors (Lipinski definition) is 2. The molecule has 1 aromatic carbocycles. The number of nitrogens with one attached hydrogen (secondary N) is 2. The van der Waals surface area contributed by atoms with E-state index in [1.807, 2.05) is 25.1 Å². The molecule has 0 unspecified atom stereocenters. The number of aryl methyl sites for hydroxylation is 1. The van der Waals surface area contributed by atoms with Gasteiger partial charge in [-0.25, -0.2) is 4.98 Å². The van der Waals surface area contributed by atoms with E-state index in [0.717, 1.165) is 46.0 Å². The third-order valence-electron chi connectivity index (χ3n) is 2.58. The molecule has 0 aliphatic carbocycles. The maximum absolute atomic E-state index is 6.28. The van der Waals surface area contributed by atoms with Crippen LogP contribution in [-0.2, 0) is 6.54 Å². The number of benzene rings is 1. The first-order valence-corrected chi connectivity index (χ1v) is 7.45. The van der Waals surface area contributed by atoms with Crippen LogP contribution in [-0.4, -0.2) is 21.7 Å². The summed E-state index contributed by atoms with van der Waals surface area (Å²) in [5, 5.41) is 11.9. The zero-order valence-electron chi connectivity index (χ0n) is 11.0. The summed E-state index contributed by atoms with van der Waals surface area (Å²) in [7, 11) is 0. The fraction of sp³-hybridized carbons (Fsp3) is 0.385. The second-order valence-electron chi connectivity index (χ2n) is 4.20. The Morgan fingerprint density at radius 3 is 2.95 bits per heavy atom. The third-order valence-corrected chi connectivity index (χ3v) is 3.90. The number of rotatable bonds is 6. The Kier molecular flexibility index (Phi) is 5.24. The Hall–Kier alpha value is -1.04. The summed E-state index contributed by atoms with van der Waals surface area (Å²) >= 11 is 7.81. The lowest BCUT2D eigenvalue weighted by molar-refractivity contribution is 0.669. The lowest BCUT2D eigenvalue weighted by Crippen LogP contribution is -2.14. The van der Waals surface area contributed by atoms with Crippen molar-refractivity contribution in [3.63, 3.8) is 0 Å². The molecular formula is C13H17ClN4S. The molecule has 0 spiro atoms. The van der Waals surface area contributed by atoms with Crippen LogP contribution in [0.1, 0.15) is 24.7 Å². The average Bonchev–Trinajstić information content (AvgIpc) is 2.78. The van der Waals surface area contributed by atoms with Gasteiger partial charge in [-0.15, -0.1) is 5.10 Å². The van der Waals surface area contributed by atoms with Crippen molar-refractivity contribution < 1.29 is 0 Å². The van der Waals surface area contributed by atoms with Crippen LogP contribution in [0.3, 0.4) is 0 Å². The molecule has 19 heavy (non-hydrogen) atoms. The predicted molar refractivity (Wildman–Crippen MR) is 78.7 cm³/mol. The summed E-state index contributed by atoms with van der Waals surface area (Å²) in [5.74, 6) is 0.815. The molecule has 2 N–H and O–H groups in total. The molecule has 0 aliphatic rings. The Labute approximate surface area is 122 Å². The van der Waals surface area contributed by atoms with Gasteiger partial charge in [0.15, 0.2) is 0 Å². The van der Waals surface area contributed by atoms with Gasteiger partial charge in [0.05, 0.1) is 0 Å². The summed E-state index contributed by atoms with van der Waals surface area (Å²) in [6, 6.07) is 5.91. The number of nitrogens with zero attached hydrogens (tertiary/aromatic N) is 2. The fourth-order valence-corrected chi connectivity index (χ4v) is 2.88. The maximum atomic E-state index is 6.28. The summed E-state index contributed by atoms with van der Waals surface area (Å²) in [6.07, 6.45) is 1.10. The Balaban J connectivity index is 2.16. The molecule has 102 valence electrons. The molecule has 0 atom stereocenters. The Morgan fingerprint density at radius 2 is 2.26 bits per heavy atom. The van der Waals surface area contributed by atoms with E-state index in [-0.39, 0.29) is 0 Å². The highest BCUT2D eigenvalue weighted by atomic mass is 35.5. The van der Waals surface area contributed by atoms with Crippen LogP contribution in [0, 0.1) is 6.92 Å². The fourth-order valence-electron chi connectivity index (χ4n) is 1.66. The van der Waals surface area contributed by atoms with E-state index >= 15 is 0 Å². The molecule has 0 radical (unpaired) electrons. The molecule has 0 bridgehead atoms. The van der Waals surface area contributed by atoms with Gasteiger partial charge in [-0.05, 0) is 49.3 Å². The quantitative estimate of drug-likeness (QED) is 0.802. The first-order chi connectivity index (χ1) is 9.20. The van der Waals surface area contributed by atoms with Crippen LogP contribution in [0.15, 0.2) is 28.3 Å². The minimum Gasteiger partial charge on any atom is -0.313 e. The van der Waals surface area contributed by atoms with Crippen molar-refractivity contribution in [2.24, 2.45) is 0 Å². The number of halogens is 1. The van der Waals surface area contributed by atoms with E-state index in [4.69, 9.17) is 11.6 Å². The third kappa shape index (κ3) is 3.96. The number of aromatic amines is 1. The van der Waals surface area contributed by atoms with Crippen molar-refractivity contribution in [1.29, 1.82) is 0 Å². The number of aromatic nitrogens is 3. The van der Waals surface area contributed by atoms with Crippen LogP contribution in [0.4, 0.5) is 0 Å². The van der Waals surface area contributed by atoms with Gasteiger partial charge < -0.3 is 5.32 Å². The molecular weight excluding hydrogens is 280 g/mol. The van der Waals surface area contributed by atoms with Crippen LogP contribution in [0.25, 0.3) is 0 Å². The summed E-state index contributed by atoms with van der Waals surface area (Å²) < 4.78 is 0. The molecule has 1 heterocycles. The van der Waals surface area contributed by atoms with Crippen LogP contribution in [0.5, 0.6) is 0 Å². The summed E-state index contributed by atoms with van der Waals surface area (Å²) in [6.45, 7) is 5.78. The van der Waals surface area contributed by atoms with Crippen LogP contribution in [0.2, 0.25) is 5.02 Å². The maximum Gasteiger partial charge on any atom is 0.213 e. The van der Waals surface area contributed by atoms with E-state index in [9.17, 15) is 0 Å². The van der Waals surface area contributed by atoms with E-state index in [1.54, 1.807) is 0 Å². The minimum absolute atomic E-state index is 0.719. The minimum atomic E-state index is 0.719. The Morgan fingerprint density at radius 1 is 1.42 bits per heavy atom. The molecule has 6 heteroatoms. The zero-order chi connectivity index (χ0) is 13.7. The van der Waals surface area contributed by atoms with Gasteiger partial charge in [0.25, 0.3) is 0 Å². The van der Waals surface area contributed by atoms with Gasteiger partial charge in [0.2, 0.25) is 5.16 Å². The highest BCUT2D eigenvalue weighted by molar-refractivity contribution is 7.99. The lowest BCUT2D eigenvalue weighted by atomic mass is 10.2. The van der Waals surface area contributed by atoms with E-state index in [1.165, 1.54) is 11.8 Å². The molecule has 0 aliphatic heterocycles. The molecule has 1 aromatic heterocycles. The van der Waals surface area contributed by atoms with Crippen molar-refractivity contribution in [3.8, 4) is 0 Å². The second kappa shape index (κ2) is 6.93. The molecule has 0 saturated carbocycles. The molecule has 0 amide bonds. The number of hydrogen-bond acceptors (Lipinski definition) is 4. The molecule has 2 rings (SSSR count). The van der Waals surface area contributed by atoms with E-state index in [2.05, 4.69) is 27.4 Å². The van der Waals surface area contributed by atoms with Gasteiger partial charge in [-0.2, -0.15) is 0 Å². The van der Waals surface area contributed by atoms with Crippen LogP contribution < -0.4 is 5.32 Å². The molecule has 4 nitrogen and oxygen atoms in total. The zero-order valence-corrected chi connectivity index (χ0v) is 12.6. The highest BCUT2D eigenvalue weighted by Crippen LogP contribution is 2.31. The van der Waals surface area contributed by atoms with E-state index in [0.29, 0.717) is 0 Å². The van der Waals surface area contributed by atoms with Gasteiger partial charge in [0, 0.05) is 16.5 Å². The normalized spacial score (nSPS) is 10.9. The van der Waals surface area contributed by atoms with Gasteiger partial charge in [0.1, 0.15) is 5.82 Å². The van der Waals surface area contributed by atoms with Crippen molar-refractivity contribution in [1.82, 2.24) is 20.5 Å². The van der Waals surface area contributed by atoms with Crippen molar-refractivity contribution in [3.05, 3.63) is 34.6 Å². The van der Waals surface area contributed by atoms with E-state index < -0.39 is 0 Å². The SMILES string of the molecule is CCCNCc1c(Cl)cccc1Sc1n[nH]c(C)n1. The standard InChI is InChI=1S/C13H17ClN4S/c1-3-7-15-8-10-11(14)5-4-6-12(10)19-13-16-9(2)17-18-13/h4-6,15H,3,7-8H2,1-2H3,(H,16,17,18). The first-order valence-electron chi connectivity index (χ1n) is 6.25. The van der Waals surface area contributed by atoms with Crippen molar-refractivity contribution >= 4 is 23.4 Å². The monoisotopic (exact) mass is 296 g/mol. The topological polar surface area (TPSA) is 53.6 Å². The predicted octanol–water partition coefficient (Wildman–Crippen LogP) is 3.42. The largest absolute Gasteiger partial charge is 0.313 e. The van der Waals surface area contributed by atoms with Gasteiger partial charge >= 0.3 is 0 Å². The van der Waals surface area contributed by atoms with Crippen LogP contribution >= 0.6 is 23.4 Å². The summed E-state index contributed by atoms with van der Waals surface area (Å²) in [4.78, 5) is 5.40. The molecule has 0 saturated heterocycles. The molecule has 0 fully saturated rings. The van der Waals surface area contributed by atoms with Crippen molar-refractivity contribution in [2.45, 2.75) is 36.9 Å². The van der Waals surface area contributed by atoms with Gasteiger partial charge in [-0.3, -0.25) is 5.10 Å². The Bertz CT molecular complexity index is 541. The average molecular weight is 297 g/mol. The van der Waals surface area contributed by atoms with Crippen molar-refractivity contribution in [2.75, 3.05) is 6.54 Å². The smallest absolute Gasteiger partial charge is 0.213 e. The highest BCUT2D eigenvalue weighted by Gasteiger charge is 2.10. The number of H-pyrrole nitrogens is 1. The lowest BCUT2D eigenvalue weighted by Gasteiger charge is -2.10.